The summed E-state index contributed by atoms with van der Waals surface area (Å²) in [6, 6.07) is 17.9. The Morgan fingerprint density at radius 3 is 1.88 bits per heavy atom. The van der Waals surface area contributed by atoms with Gasteiger partial charge in [-0.2, -0.15) is 0 Å². The van der Waals surface area contributed by atoms with Gasteiger partial charge in [0.2, 0.25) is 0 Å². The van der Waals surface area contributed by atoms with Crippen molar-refractivity contribution < 1.29 is 19.1 Å². The summed E-state index contributed by atoms with van der Waals surface area (Å²) < 4.78 is 11.5. The average Bonchev–Trinajstić information content (AvgIpc) is 2.79. The summed E-state index contributed by atoms with van der Waals surface area (Å²) in [6.07, 6.45) is 0. The standard InChI is InChI=1S/C26H28N2O4/c1-5-31-23-16-22(28-26(30)20-14-10-11-17(3)18(20)4)24(32-6-2)15-21(23)27-25(29)19-12-8-7-9-13-19/h7-16H,5-6H2,1-4H3,(H,27,29)(H,28,30). The van der Waals surface area contributed by atoms with Gasteiger partial charge in [0.15, 0.2) is 0 Å². The molecule has 0 radical (unpaired) electrons. The van der Waals surface area contributed by atoms with Crippen LogP contribution in [0.15, 0.2) is 60.7 Å². The highest BCUT2D eigenvalue weighted by molar-refractivity contribution is 6.08. The minimum Gasteiger partial charge on any atom is -0.492 e. The highest BCUT2D eigenvalue weighted by Crippen LogP contribution is 2.37. The van der Waals surface area contributed by atoms with E-state index < -0.39 is 0 Å². The Hall–Kier alpha value is -3.80. The number of aryl methyl sites for hydroxylation is 1. The second kappa shape index (κ2) is 10.5. The van der Waals surface area contributed by atoms with Crippen LogP contribution in [0.3, 0.4) is 0 Å². The van der Waals surface area contributed by atoms with E-state index in [4.69, 9.17) is 9.47 Å². The summed E-state index contributed by atoms with van der Waals surface area (Å²) in [6.45, 7) is 8.39. The number of hydrogen-bond acceptors (Lipinski definition) is 4. The molecule has 3 rings (SSSR count). The van der Waals surface area contributed by atoms with Gasteiger partial charge in [-0.15, -0.1) is 0 Å². The summed E-state index contributed by atoms with van der Waals surface area (Å²) in [5.41, 5.74) is 4.01. The molecule has 0 atom stereocenters. The summed E-state index contributed by atoms with van der Waals surface area (Å²) >= 11 is 0. The molecule has 2 N–H and O–H groups in total. The van der Waals surface area contributed by atoms with Crippen LogP contribution in [0.5, 0.6) is 11.5 Å². The topological polar surface area (TPSA) is 76.7 Å². The van der Waals surface area contributed by atoms with Crippen molar-refractivity contribution in [3.63, 3.8) is 0 Å². The van der Waals surface area contributed by atoms with E-state index in [1.165, 1.54) is 0 Å². The number of carbonyl (C=O) groups excluding carboxylic acids is 2. The van der Waals surface area contributed by atoms with E-state index >= 15 is 0 Å². The van der Waals surface area contributed by atoms with Crippen LogP contribution in [0.25, 0.3) is 0 Å². The van der Waals surface area contributed by atoms with E-state index in [0.29, 0.717) is 47.2 Å². The Morgan fingerprint density at radius 1 is 0.750 bits per heavy atom. The predicted octanol–water partition coefficient (Wildman–Crippen LogP) is 5.61. The van der Waals surface area contributed by atoms with E-state index in [1.54, 1.807) is 42.5 Å². The average molecular weight is 433 g/mol. The van der Waals surface area contributed by atoms with Crippen molar-refractivity contribution in [3.8, 4) is 11.5 Å². The summed E-state index contributed by atoms with van der Waals surface area (Å²) in [7, 11) is 0. The number of anilines is 2. The maximum Gasteiger partial charge on any atom is 0.256 e. The number of hydrogen-bond donors (Lipinski definition) is 2. The first kappa shape index (κ1) is 22.9. The highest BCUT2D eigenvalue weighted by atomic mass is 16.5. The highest BCUT2D eigenvalue weighted by Gasteiger charge is 2.18. The van der Waals surface area contributed by atoms with Crippen LogP contribution < -0.4 is 20.1 Å². The monoisotopic (exact) mass is 432 g/mol. The largest absolute Gasteiger partial charge is 0.492 e. The molecular formula is C26H28N2O4. The molecule has 0 spiro atoms. The molecule has 0 saturated carbocycles. The molecule has 0 heterocycles. The molecule has 3 aromatic rings. The third-order valence-corrected chi connectivity index (χ3v) is 5.06. The first-order valence-electron chi connectivity index (χ1n) is 10.6. The van der Waals surface area contributed by atoms with Crippen molar-refractivity contribution in [2.45, 2.75) is 27.7 Å². The molecule has 0 aliphatic heterocycles. The maximum absolute atomic E-state index is 13.0. The summed E-state index contributed by atoms with van der Waals surface area (Å²) in [5, 5.41) is 5.82. The molecule has 0 saturated heterocycles. The Kier molecular flexibility index (Phi) is 7.49. The molecule has 2 amide bonds. The van der Waals surface area contributed by atoms with Crippen molar-refractivity contribution in [1.29, 1.82) is 0 Å². The van der Waals surface area contributed by atoms with Gasteiger partial charge >= 0.3 is 0 Å². The van der Waals surface area contributed by atoms with Gasteiger partial charge in [-0.3, -0.25) is 9.59 Å². The third kappa shape index (κ3) is 5.27. The second-order valence-corrected chi connectivity index (χ2v) is 7.23. The maximum atomic E-state index is 13.0. The van der Waals surface area contributed by atoms with Crippen molar-refractivity contribution >= 4 is 23.2 Å². The number of benzene rings is 3. The van der Waals surface area contributed by atoms with Crippen LogP contribution in [0.4, 0.5) is 11.4 Å². The van der Waals surface area contributed by atoms with Crippen LogP contribution in [0.2, 0.25) is 0 Å². The Morgan fingerprint density at radius 2 is 1.31 bits per heavy atom. The summed E-state index contributed by atoms with van der Waals surface area (Å²) in [4.78, 5) is 25.7. The van der Waals surface area contributed by atoms with Crippen LogP contribution in [0, 0.1) is 13.8 Å². The van der Waals surface area contributed by atoms with Crippen LogP contribution in [-0.2, 0) is 0 Å². The fraction of sp³-hybridized carbons (Fsp3) is 0.231. The van der Waals surface area contributed by atoms with Gasteiger partial charge in [-0.25, -0.2) is 0 Å². The zero-order valence-electron chi connectivity index (χ0n) is 18.8. The van der Waals surface area contributed by atoms with Gasteiger partial charge < -0.3 is 20.1 Å². The van der Waals surface area contributed by atoms with E-state index in [1.807, 2.05) is 45.9 Å². The zero-order valence-corrected chi connectivity index (χ0v) is 18.8. The molecule has 32 heavy (non-hydrogen) atoms. The van der Waals surface area contributed by atoms with E-state index in [0.717, 1.165) is 11.1 Å². The van der Waals surface area contributed by atoms with Gasteiger partial charge in [0.25, 0.3) is 11.8 Å². The molecule has 0 aliphatic carbocycles. The van der Waals surface area contributed by atoms with E-state index in [2.05, 4.69) is 10.6 Å². The zero-order chi connectivity index (χ0) is 23.1. The fourth-order valence-electron chi connectivity index (χ4n) is 3.28. The van der Waals surface area contributed by atoms with Crippen molar-refractivity contribution in [2.75, 3.05) is 23.8 Å². The Bertz CT molecular complexity index is 1110. The molecule has 0 fully saturated rings. The van der Waals surface area contributed by atoms with Gasteiger partial charge in [0, 0.05) is 23.3 Å². The minimum absolute atomic E-state index is 0.240. The number of amides is 2. The normalized spacial score (nSPS) is 10.4. The van der Waals surface area contributed by atoms with Crippen molar-refractivity contribution in [1.82, 2.24) is 0 Å². The lowest BCUT2D eigenvalue weighted by Crippen LogP contribution is -2.16. The molecule has 0 aliphatic rings. The van der Waals surface area contributed by atoms with E-state index in [-0.39, 0.29) is 11.8 Å². The van der Waals surface area contributed by atoms with Gasteiger partial charge in [0.05, 0.1) is 24.6 Å². The first-order valence-corrected chi connectivity index (χ1v) is 10.6. The van der Waals surface area contributed by atoms with Crippen molar-refractivity contribution in [2.24, 2.45) is 0 Å². The molecule has 166 valence electrons. The number of carbonyl (C=O) groups is 2. The number of rotatable bonds is 8. The summed E-state index contributed by atoms with van der Waals surface area (Å²) in [5.74, 6) is 0.381. The third-order valence-electron chi connectivity index (χ3n) is 5.06. The lowest BCUT2D eigenvalue weighted by molar-refractivity contribution is 0.101. The van der Waals surface area contributed by atoms with E-state index in [9.17, 15) is 9.59 Å². The first-order chi connectivity index (χ1) is 15.4. The smallest absolute Gasteiger partial charge is 0.256 e. The lowest BCUT2D eigenvalue weighted by Gasteiger charge is -2.18. The predicted molar refractivity (Wildman–Crippen MR) is 127 cm³/mol. The fourth-order valence-corrected chi connectivity index (χ4v) is 3.28. The number of ether oxygens (including phenoxy) is 2. The molecular weight excluding hydrogens is 404 g/mol. The van der Waals surface area contributed by atoms with Crippen LogP contribution in [-0.4, -0.2) is 25.0 Å². The Labute approximate surface area is 188 Å². The minimum atomic E-state index is -0.263. The molecule has 0 bridgehead atoms. The second-order valence-electron chi connectivity index (χ2n) is 7.23. The van der Waals surface area contributed by atoms with Crippen LogP contribution >= 0.6 is 0 Å². The lowest BCUT2D eigenvalue weighted by atomic mass is 10.0. The van der Waals surface area contributed by atoms with Crippen LogP contribution in [0.1, 0.15) is 45.7 Å². The van der Waals surface area contributed by atoms with Gasteiger partial charge in [-0.05, 0) is 57.0 Å². The quantitative estimate of drug-likeness (QED) is 0.485. The van der Waals surface area contributed by atoms with Gasteiger partial charge in [0.1, 0.15) is 11.5 Å². The molecule has 3 aromatic carbocycles. The van der Waals surface area contributed by atoms with Gasteiger partial charge in [-0.1, -0.05) is 30.3 Å². The molecule has 0 aromatic heterocycles. The number of nitrogens with one attached hydrogen (secondary N) is 2. The molecule has 6 heteroatoms. The molecule has 6 nitrogen and oxygen atoms in total. The SMILES string of the molecule is CCOc1cc(NC(=O)c2cccc(C)c2C)c(OCC)cc1NC(=O)c1ccccc1. The Balaban J connectivity index is 1.95. The molecule has 0 unspecified atom stereocenters. The van der Waals surface area contributed by atoms with Crippen molar-refractivity contribution in [3.05, 3.63) is 82.9 Å².